The Labute approximate surface area is 142 Å². The van der Waals surface area contributed by atoms with Gasteiger partial charge in [-0.15, -0.1) is 0 Å². The summed E-state index contributed by atoms with van der Waals surface area (Å²) in [4.78, 5) is 12.9. The zero-order valence-electron chi connectivity index (χ0n) is 13.2. The van der Waals surface area contributed by atoms with E-state index in [9.17, 15) is 0 Å². The first-order valence-electron chi connectivity index (χ1n) is 8.05. The van der Waals surface area contributed by atoms with E-state index in [1.807, 2.05) is 36.4 Å². The van der Waals surface area contributed by atoms with E-state index in [2.05, 4.69) is 25.3 Å². The minimum absolute atomic E-state index is 0.434. The highest BCUT2D eigenvalue weighted by Gasteiger charge is 2.29. The van der Waals surface area contributed by atoms with Gasteiger partial charge < -0.3 is 9.05 Å². The Balaban J connectivity index is 1.47. The molecule has 1 aliphatic rings. The van der Waals surface area contributed by atoms with Gasteiger partial charge in [0.15, 0.2) is 0 Å². The third-order valence-electron chi connectivity index (χ3n) is 4.10. The molecule has 5 rings (SSSR count). The molecular formula is C18H13N5O2. The lowest BCUT2D eigenvalue weighted by atomic mass is 10.1. The Morgan fingerprint density at radius 2 is 1.56 bits per heavy atom. The third kappa shape index (κ3) is 2.69. The van der Waals surface area contributed by atoms with E-state index in [1.165, 1.54) is 0 Å². The topological polar surface area (TPSA) is 90.7 Å². The van der Waals surface area contributed by atoms with Gasteiger partial charge in [-0.25, -0.2) is 0 Å². The average Bonchev–Trinajstić information content (AvgIpc) is 3.21. The van der Waals surface area contributed by atoms with Crippen LogP contribution < -0.4 is 0 Å². The predicted octanol–water partition coefficient (Wildman–Crippen LogP) is 3.73. The molecule has 7 nitrogen and oxygen atoms in total. The molecule has 3 aromatic heterocycles. The fourth-order valence-corrected chi connectivity index (χ4v) is 2.60. The van der Waals surface area contributed by atoms with Gasteiger partial charge >= 0.3 is 0 Å². The molecule has 1 aliphatic carbocycles. The summed E-state index contributed by atoms with van der Waals surface area (Å²) < 4.78 is 10.7. The van der Waals surface area contributed by atoms with Crippen LogP contribution >= 0.6 is 0 Å². The number of aromatic nitrogens is 5. The zero-order chi connectivity index (χ0) is 16.6. The van der Waals surface area contributed by atoms with Gasteiger partial charge in [0, 0.05) is 35.0 Å². The van der Waals surface area contributed by atoms with Gasteiger partial charge in [-0.2, -0.15) is 9.97 Å². The molecule has 0 radical (unpaired) electrons. The molecule has 0 saturated heterocycles. The highest BCUT2D eigenvalue weighted by atomic mass is 16.5. The lowest BCUT2D eigenvalue weighted by Crippen LogP contribution is -1.85. The quantitative estimate of drug-likeness (QED) is 0.562. The predicted molar refractivity (Wildman–Crippen MR) is 88.2 cm³/mol. The normalized spacial score (nSPS) is 13.9. The summed E-state index contributed by atoms with van der Waals surface area (Å²) in [6.45, 7) is 0. The van der Waals surface area contributed by atoms with Gasteiger partial charge in [-0.05, 0) is 37.1 Å². The Morgan fingerprint density at radius 1 is 0.800 bits per heavy atom. The van der Waals surface area contributed by atoms with Crippen LogP contribution in [0.2, 0.25) is 0 Å². The summed E-state index contributed by atoms with van der Waals surface area (Å²) >= 11 is 0. The molecule has 25 heavy (non-hydrogen) atoms. The summed E-state index contributed by atoms with van der Waals surface area (Å²) in [5.41, 5.74) is 2.52. The van der Waals surface area contributed by atoms with Crippen molar-refractivity contribution in [3.63, 3.8) is 0 Å². The number of nitrogens with zero attached hydrogens (tertiary/aromatic N) is 5. The van der Waals surface area contributed by atoms with Gasteiger partial charge in [-0.3, -0.25) is 4.98 Å². The van der Waals surface area contributed by atoms with Crippen LogP contribution in [0.4, 0.5) is 0 Å². The van der Waals surface area contributed by atoms with E-state index in [0.717, 1.165) is 35.4 Å². The van der Waals surface area contributed by atoms with Crippen LogP contribution in [-0.4, -0.2) is 25.3 Å². The lowest BCUT2D eigenvalue weighted by molar-refractivity contribution is 0.380. The molecule has 0 bridgehead atoms. The van der Waals surface area contributed by atoms with Gasteiger partial charge in [0.2, 0.25) is 17.5 Å². The van der Waals surface area contributed by atoms with E-state index in [4.69, 9.17) is 9.05 Å². The second kappa shape index (κ2) is 5.62. The van der Waals surface area contributed by atoms with Gasteiger partial charge in [-0.1, -0.05) is 22.4 Å². The third-order valence-corrected chi connectivity index (χ3v) is 4.10. The molecular weight excluding hydrogens is 318 g/mol. The molecule has 4 aromatic rings. The molecule has 0 aliphatic heterocycles. The first-order chi connectivity index (χ1) is 12.4. The Bertz CT molecular complexity index is 1020. The molecule has 0 N–H and O–H groups in total. The molecule has 1 saturated carbocycles. The van der Waals surface area contributed by atoms with Crippen molar-refractivity contribution in [1.29, 1.82) is 0 Å². The fourth-order valence-electron chi connectivity index (χ4n) is 2.60. The maximum Gasteiger partial charge on any atom is 0.258 e. The number of benzene rings is 1. The van der Waals surface area contributed by atoms with E-state index in [-0.39, 0.29) is 0 Å². The monoisotopic (exact) mass is 331 g/mol. The molecule has 122 valence electrons. The van der Waals surface area contributed by atoms with Crippen molar-refractivity contribution >= 4 is 0 Å². The molecule has 3 heterocycles. The summed E-state index contributed by atoms with van der Waals surface area (Å²) in [7, 11) is 0. The second-order valence-corrected chi connectivity index (χ2v) is 5.97. The van der Waals surface area contributed by atoms with Gasteiger partial charge in [0.1, 0.15) is 0 Å². The largest absolute Gasteiger partial charge is 0.339 e. The van der Waals surface area contributed by atoms with Crippen molar-refractivity contribution in [3.8, 4) is 34.2 Å². The molecule has 0 unspecified atom stereocenters. The highest BCUT2D eigenvalue weighted by Crippen LogP contribution is 2.39. The Morgan fingerprint density at radius 3 is 2.40 bits per heavy atom. The first-order valence-corrected chi connectivity index (χ1v) is 8.05. The minimum atomic E-state index is 0.434. The van der Waals surface area contributed by atoms with Crippen molar-refractivity contribution in [2.24, 2.45) is 0 Å². The van der Waals surface area contributed by atoms with E-state index in [0.29, 0.717) is 23.5 Å². The maximum atomic E-state index is 5.40. The summed E-state index contributed by atoms with van der Waals surface area (Å²) in [5.74, 6) is 2.71. The molecule has 7 heteroatoms. The van der Waals surface area contributed by atoms with Crippen molar-refractivity contribution < 1.29 is 9.05 Å². The van der Waals surface area contributed by atoms with E-state index < -0.39 is 0 Å². The van der Waals surface area contributed by atoms with Crippen LogP contribution in [0.1, 0.15) is 24.7 Å². The van der Waals surface area contributed by atoms with Crippen molar-refractivity contribution in [1.82, 2.24) is 25.3 Å². The van der Waals surface area contributed by atoms with Crippen LogP contribution in [0.5, 0.6) is 0 Å². The van der Waals surface area contributed by atoms with Crippen LogP contribution in [0.3, 0.4) is 0 Å². The molecule has 0 spiro atoms. The zero-order valence-corrected chi connectivity index (χ0v) is 13.2. The highest BCUT2D eigenvalue weighted by molar-refractivity contribution is 5.66. The Hall–Kier alpha value is -3.35. The number of hydrogen-bond acceptors (Lipinski definition) is 7. The second-order valence-electron chi connectivity index (χ2n) is 5.97. The SMILES string of the molecule is c1cc(-c2noc(C3CC3)n2)cc(-c2nc(-c3ccncc3)no2)c1. The standard InChI is InChI=1S/C18H13N5O2/c1-2-13(16-21-17(24-23-16)12-4-5-12)10-14(3-1)18-20-15(22-25-18)11-6-8-19-9-7-11/h1-3,6-10,12H,4-5H2. The lowest BCUT2D eigenvalue weighted by Gasteiger charge is -1.97. The molecule has 0 atom stereocenters. The van der Waals surface area contributed by atoms with Crippen LogP contribution in [0.25, 0.3) is 34.2 Å². The smallest absolute Gasteiger partial charge is 0.258 e. The fraction of sp³-hybridized carbons (Fsp3) is 0.167. The van der Waals surface area contributed by atoms with Crippen LogP contribution in [0, 0.1) is 0 Å². The number of hydrogen-bond donors (Lipinski definition) is 0. The molecule has 1 fully saturated rings. The van der Waals surface area contributed by atoms with Crippen molar-refractivity contribution in [2.45, 2.75) is 18.8 Å². The van der Waals surface area contributed by atoms with Crippen LogP contribution in [0.15, 0.2) is 57.8 Å². The summed E-state index contributed by atoms with van der Waals surface area (Å²) in [6, 6.07) is 11.4. The Kier molecular flexibility index (Phi) is 3.16. The summed E-state index contributed by atoms with van der Waals surface area (Å²) in [5, 5.41) is 8.11. The van der Waals surface area contributed by atoms with Gasteiger partial charge in [0.05, 0.1) is 0 Å². The maximum absolute atomic E-state index is 5.40. The van der Waals surface area contributed by atoms with Crippen molar-refractivity contribution in [3.05, 3.63) is 54.7 Å². The number of pyridine rings is 1. The van der Waals surface area contributed by atoms with Crippen molar-refractivity contribution in [2.75, 3.05) is 0 Å². The van der Waals surface area contributed by atoms with Crippen LogP contribution in [-0.2, 0) is 0 Å². The number of rotatable bonds is 4. The minimum Gasteiger partial charge on any atom is -0.339 e. The van der Waals surface area contributed by atoms with E-state index >= 15 is 0 Å². The van der Waals surface area contributed by atoms with E-state index in [1.54, 1.807) is 12.4 Å². The first kappa shape index (κ1) is 14.0. The van der Waals surface area contributed by atoms with Gasteiger partial charge in [0.25, 0.3) is 5.89 Å². The molecule has 0 amide bonds. The molecule has 1 aromatic carbocycles. The average molecular weight is 331 g/mol. The summed E-state index contributed by atoms with van der Waals surface area (Å²) in [6.07, 6.45) is 5.64.